The standard InChI is InChI=1S/C30H50F2/c1-4-7-8-10-22(6-3)21-27-19-20-28(30(32)29(27)31)26-17-15-25(16-18-26)24-13-11-23(9-5-2)12-14-24/h3,22-30H,4-5,7-21H2,1-2H3. The Morgan fingerprint density at radius 2 is 1.38 bits per heavy atom. The first-order valence-corrected chi connectivity index (χ1v) is 14.3. The van der Waals surface area contributed by atoms with Gasteiger partial charge >= 0.3 is 0 Å². The molecule has 3 aliphatic carbocycles. The highest BCUT2D eigenvalue weighted by atomic mass is 19.2. The van der Waals surface area contributed by atoms with Crippen LogP contribution in [0.2, 0.25) is 0 Å². The molecule has 32 heavy (non-hydrogen) atoms. The van der Waals surface area contributed by atoms with Crippen molar-refractivity contribution in [2.45, 2.75) is 135 Å². The van der Waals surface area contributed by atoms with Gasteiger partial charge < -0.3 is 0 Å². The fourth-order valence-electron chi connectivity index (χ4n) is 7.64. The van der Waals surface area contributed by atoms with Gasteiger partial charge in [-0.15, -0.1) is 12.3 Å². The van der Waals surface area contributed by atoms with Gasteiger partial charge in [-0.2, -0.15) is 0 Å². The number of unbranched alkanes of at least 4 members (excludes halogenated alkanes) is 2. The molecule has 0 radical (unpaired) electrons. The van der Waals surface area contributed by atoms with E-state index in [4.69, 9.17) is 6.42 Å². The van der Waals surface area contributed by atoms with Gasteiger partial charge in [0, 0.05) is 5.92 Å². The summed E-state index contributed by atoms with van der Waals surface area (Å²) in [5.74, 6) is 5.91. The van der Waals surface area contributed by atoms with Crippen molar-refractivity contribution < 1.29 is 8.78 Å². The van der Waals surface area contributed by atoms with Crippen molar-refractivity contribution in [3.05, 3.63) is 0 Å². The molecule has 0 aromatic carbocycles. The maximum absolute atomic E-state index is 15.3. The van der Waals surface area contributed by atoms with Crippen molar-refractivity contribution in [3.63, 3.8) is 0 Å². The van der Waals surface area contributed by atoms with Crippen LogP contribution in [0.4, 0.5) is 8.78 Å². The van der Waals surface area contributed by atoms with Crippen LogP contribution in [0.15, 0.2) is 0 Å². The van der Waals surface area contributed by atoms with Crippen molar-refractivity contribution in [3.8, 4) is 12.3 Å². The zero-order chi connectivity index (χ0) is 22.9. The molecule has 0 bridgehead atoms. The molecule has 0 nitrogen and oxygen atoms in total. The molecule has 3 aliphatic rings. The number of hydrogen-bond acceptors (Lipinski definition) is 0. The van der Waals surface area contributed by atoms with Crippen molar-refractivity contribution >= 4 is 0 Å². The lowest BCUT2D eigenvalue weighted by atomic mass is 9.63. The molecule has 0 amide bonds. The van der Waals surface area contributed by atoms with Gasteiger partial charge in [0.25, 0.3) is 0 Å². The van der Waals surface area contributed by atoms with E-state index in [1.54, 1.807) is 0 Å². The number of rotatable bonds is 10. The van der Waals surface area contributed by atoms with Crippen LogP contribution in [0, 0.1) is 53.8 Å². The minimum Gasteiger partial charge on any atom is -0.244 e. The molecule has 0 aromatic rings. The minimum atomic E-state index is -1.30. The average molecular weight is 449 g/mol. The molecule has 5 atom stereocenters. The van der Waals surface area contributed by atoms with E-state index in [2.05, 4.69) is 19.8 Å². The minimum absolute atomic E-state index is 0.0492. The maximum atomic E-state index is 15.3. The Bertz CT molecular complexity index is 550. The highest BCUT2D eigenvalue weighted by Crippen LogP contribution is 2.48. The van der Waals surface area contributed by atoms with Crippen LogP contribution >= 0.6 is 0 Å². The van der Waals surface area contributed by atoms with E-state index in [0.29, 0.717) is 12.3 Å². The summed E-state index contributed by atoms with van der Waals surface area (Å²) in [6.07, 6.45) is 23.2. The first-order valence-electron chi connectivity index (χ1n) is 14.3. The molecule has 5 unspecified atom stereocenters. The third-order valence-electron chi connectivity index (χ3n) is 9.69. The van der Waals surface area contributed by atoms with E-state index in [-0.39, 0.29) is 17.8 Å². The van der Waals surface area contributed by atoms with Gasteiger partial charge in [0.2, 0.25) is 0 Å². The quantitative estimate of drug-likeness (QED) is 0.231. The van der Waals surface area contributed by atoms with Crippen molar-refractivity contribution in [1.29, 1.82) is 0 Å². The van der Waals surface area contributed by atoms with E-state index in [0.717, 1.165) is 56.3 Å². The molecule has 0 aliphatic heterocycles. The molecule has 3 rings (SSSR count). The van der Waals surface area contributed by atoms with Crippen LogP contribution in [0.25, 0.3) is 0 Å². The van der Waals surface area contributed by atoms with Gasteiger partial charge in [-0.1, -0.05) is 58.8 Å². The van der Waals surface area contributed by atoms with Crippen molar-refractivity contribution in [2.75, 3.05) is 0 Å². The normalized spacial score (nSPS) is 39.3. The average Bonchev–Trinajstić information content (AvgIpc) is 2.82. The highest BCUT2D eigenvalue weighted by molar-refractivity contribution is 4.98. The molecule has 0 aromatic heterocycles. The highest BCUT2D eigenvalue weighted by Gasteiger charge is 2.44. The van der Waals surface area contributed by atoms with E-state index in [1.165, 1.54) is 64.2 Å². The Kier molecular flexibility index (Phi) is 10.9. The van der Waals surface area contributed by atoms with Gasteiger partial charge in [0.1, 0.15) is 12.3 Å². The fraction of sp³-hybridized carbons (Fsp3) is 0.933. The number of alkyl halides is 2. The summed E-state index contributed by atoms with van der Waals surface area (Å²) in [6.45, 7) is 4.49. The SMILES string of the molecule is C#CC(CCCCC)CC1CCC(C2CCC(C3CCC(CCC)CC3)CC2)C(F)C1F. The first kappa shape index (κ1) is 26.0. The molecular weight excluding hydrogens is 398 g/mol. The number of hydrogen-bond donors (Lipinski definition) is 0. The third-order valence-corrected chi connectivity index (χ3v) is 9.69. The summed E-state index contributed by atoms with van der Waals surface area (Å²) in [7, 11) is 0. The monoisotopic (exact) mass is 448 g/mol. The van der Waals surface area contributed by atoms with Crippen molar-refractivity contribution in [2.24, 2.45) is 41.4 Å². The summed E-state index contributed by atoms with van der Waals surface area (Å²) < 4.78 is 30.4. The molecular formula is C30H50F2. The summed E-state index contributed by atoms with van der Waals surface area (Å²) in [6, 6.07) is 0. The van der Waals surface area contributed by atoms with Crippen LogP contribution in [0.3, 0.4) is 0 Å². The van der Waals surface area contributed by atoms with Crippen LogP contribution < -0.4 is 0 Å². The molecule has 0 heterocycles. The fourth-order valence-corrected chi connectivity index (χ4v) is 7.64. The second-order valence-corrected chi connectivity index (χ2v) is 11.7. The van der Waals surface area contributed by atoms with Gasteiger partial charge in [-0.05, 0) is 99.7 Å². The largest absolute Gasteiger partial charge is 0.244 e. The molecule has 0 N–H and O–H groups in total. The van der Waals surface area contributed by atoms with Gasteiger partial charge in [-0.25, -0.2) is 8.78 Å². The lowest BCUT2D eigenvalue weighted by Crippen LogP contribution is -2.43. The van der Waals surface area contributed by atoms with Gasteiger partial charge in [0.05, 0.1) is 0 Å². The third kappa shape index (κ3) is 6.96. The zero-order valence-corrected chi connectivity index (χ0v) is 21.1. The van der Waals surface area contributed by atoms with Crippen LogP contribution in [-0.4, -0.2) is 12.3 Å². The van der Waals surface area contributed by atoms with E-state index in [1.807, 2.05) is 0 Å². The van der Waals surface area contributed by atoms with E-state index >= 15 is 8.78 Å². The van der Waals surface area contributed by atoms with Gasteiger partial charge in [-0.3, -0.25) is 0 Å². The van der Waals surface area contributed by atoms with Gasteiger partial charge in [0.15, 0.2) is 0 Å². The molecule has 2 heteroatoms. The second kappa shape index (κ2) is 13.3. The predicted octanol–water partition coefficient (Wildman–Crippen LogP) is 9.32. The summed E-state index contributed by atoms with van der Waals surface area (Å²) in [4.78, 5) is 0. The Balaban J connectivity index is 1.42. The maximum Gasteiger partial charge on any atom is 0.134 e. The molecule has 3 fully saturated rings. The van der Waals surface area contributed by atoms with Crippen LogP contribution in [-0.2, 0) is 0 Å². The van der Waals surface area contributed by atoms with E-state index < -0.39 is 12.3 Å². The lowest BCUT2D eigenvalue weighted by Gasteiger charge is -2.43. The zero-order valence-electron chi connectivity index (χ0n) is 21.1. The smallest absolute Gasteiger partial charge is 0.134 e. The Morgan fingerprint density at radius 1 is 0.750 bits per heavy atom. The summed E-state index contributed by atoms with van der Waals surface area (Å²) in [5, 5.41) is 0. The lowest BCUT2D eigenvalue weighted by molar-refractivity contribution is -0.0197. The Hall–Kier alpha value is -0.580. The molecule has 184 valence electrons. The first-order chi connectivity index (χ1) is 15.6. The number of halogens is 2. The van der Waals surface area contributed by atoms with Crippen LogP contribution in [0.5, 0.6) is 0 Å². The Morgan fingerprint density at radius 3 is 1.97 bits per heavy atom. The number of terminal acetylenes is 1. The van der Waals surface area contributed by atoms with E-state index in [9.17, 15) is 0 Å². The van der Waals surface area contributed by atoms with Crippen molar-refractivity contribution in [1.82, 2.24) is 0 Å². The molecule has 3 saturated carbocycles. The summed E-state index contributed by atoms with van der Waals surface area (Å²) in [5.41, 5.74) is 0. The topological polar surface area (TPSA) is 0 Å². The van der Waals surface area contributed by atoms with Crippen LogP contribution in [0.1, 0.15) is 123 Å². The second-order valence-electron chi connectivity index (χ2n) is 11.7. The molecule has 0 saturated heterocycles. The predicted molar refractivity (Wildman–Crippen MR) is 133 cm³/mol. The Labute approximate surface area is 198 Å². The summed E-state index contributed by atoms with van der Waals surface area (Å²) >= 11 is 0. The molecule has 0 spiro atoms.